The Morgan fingerprint density at radius 3 is 2.74 bits per heavy atom. The highest BCUT2D eigenvalue weighted by Crippen LogP contribution is 2.24. The van der Waals surface area contributed by atoms with Crippen LogP contribution < -0.4 is 0 Å². The lowest BCUT2D eigenvalue weighted by molar-refractivity contribution is 0.0604. The Morgan fingerprint density at radius 1 is 1.42 bits per heavy atom. The van der Waals surface area contributed by atoms with Crippen LogP contribution in [0.4, 0.5) is 0 Å². The molecule has 0 amide bonds. The van der Waals surface area contributed by atoms with Crippen LogP contribution in [0.15, 0.2) is 24.3 Å². The fourth-order valence-corrected chi connectivity index (χ4v) is 4.05. The second kappa shape index (κ2) is 5.79. The van der Waals surface area contributed by atoms with Gasteiger partial charge in [-0.15, -0.1) is 0 Å². The van der Waals surface area contributed by atoms with Gasteiger partial charge in [0.25, 0.3) is 0 Å². The van der Waals surface area contributed by atoms with E-state index < -0.39 is 16.1 Å². The first-order valence-electron chi connectivity index (χ1n) is 6.29. The standard InChI is InChI=1S/C13H18ClNO3S/c1-10-6-7-15(8-13(10)16)19(17,18)9-11-4-2-3-5-12(11)14/h2-5,10,13,16H,6-9H2,1H3. The minimum atomic E-state index is -3.43. The number of nitrogens with zero attached hydrogens (tertiary/aromatic N) is 1. The fraction of sp³-hybridized carbons (Fsp3) is 0.538. The van der Waals surface area contributed by atoms with Crippen LogP contribution in [0.5, 0.6) is 0 Å². The smallest absolute Gasteiger partial charge is 0.218 e. The third kappa shape index (κ3) is 3.48. The van der Waals surface area contributed by atoms with Crippen molar-refractivity contribution in [1.29, 1.82) is 0 Å². The Labute approximate surface area is 119 Å². The van der Waals surface area contributed by atoms with Crippen molar-refractivity contribution in [2.24, 2.45) is 5.92 Å². The lowest BCUT2D eigenvalue weighted by Crippen LogP contribution is -2.46. The minimum Gasteiger partial charge on any atom is -0.391 e. The molecule has 1 aliphatic heterocycles. The van der Waals surface area contributed by atoms with Gasteiger partial charge in [-0.1, -0.05) is 36.7 Å². The molecule has 0 spiro atoms. The second-order valence-corrected chi connectivity index (χ2v) is 7.42. The molecule has 0 aliphatic carbocycles. The first-order valence-corrected chi connectivity index (χ1v) is 8.28. The van der Waals surface area contributed by atoms with E-state index in [2.05, 4.69) is 0 Å². The summed E-state index contributed by atoms with van der Waals surface area (Å²) in [5.41, 5.74) is 0.595. The van der Waals surface area contributed by atoms with Crippen LogP contribution in [0, 0.1) is 5.92 Å². The lowest BCUT2D eigenvalue weighted by atomic mass is 9.98. The molecule has 0 bridgehead atoms. The highest BCUT2D eigenvalue weighted by atomic mass is 35.5. The highest BCUT2D eigenvalue weighted by molar-refractivity contribution is 7.88. The molecule has 106 valence electrons. The van der Waals surface area contributed by atoms with Crippen molar-refractivity contribution < 1.29 is 13.5 Å². The molecule has 6 heteroatoms. The quantitative estimate of drug-likeness (QED) is 0.927. The number of β-amino-alcohol motifs (C(OH)–C–C–N with tert-alkyl or cyclic N) is 1. The molecule has 1 aliphatic rings. The van der Waals surface area contributed by atoms with Crippen LogP contribution in [0.3, 0.4) is 0 Å². The SMILES string of the molecule is CC1CCN(S(=O)(=O)Cc2ccccc2Cl)CC1O. The molecular formula is C13H18ClNO3S. The molecule has 1 aromatic rings. The molecule has 1 heterocycles. The van der Waals surface area contributed by atoms with E-state index in [9.17, 15) is 13.5 Å². The number of halogens is 1. The minimum absolute atomic E-state index is 0.117. The first-order chi connectivity index (χ1) is 8.90. The van der Waals surface area contributed by atoms with E-state index >= 15 is 0 Å². The summed E-state index contributed by atoms with van der Waals surface area (Å²) < 4.78 is 26.0. The molecule has 1 aromatic carbocycles. The van der Waals surface area contributed by atoms with Gasteiger partial charge in [0.05, 0.1) is 11.9 Å². The van der Waals surface area contributed by atoms with Gasteiger partial charge in [0, 0.05) is 18.1 Å². The molecule has 2 rings (SSSR count). The molecule has 1 saturated heterocycles. The number of aliphatic hydroxyl groups excluding tert-OH is 1. The van der Waals surface area contributed by atoms with E-state index in [-0.39, 0.29) is 18.2 Å². The van der Waals surface area contributed by atoms with Crippen LogP contribution >= 0.6 is 11.6 Å². The molecule has 0 radical (unpaired) electrons. The predicted octanol–water partition coefficient (Wildman–Crippen LogP) is 1.87. The monoisotopic (exact) mass is 303 g/mol. The molecule has 1 N–H and O–H groups in total. The van der Waals surface area contributed by atoms with Gasteiger partial charge in [-0.2, -0.15) is 4.31 Å². The third-order valence-electron chi connectivity index (χ3n) is 3.57. The number of hydrogen-bond donors (Lipinski definition) is 1. The summed E-state index contributed by atoms with van der Waals surface area (Å²) in [6.07, 6.45) is 0.0953. The van der Waals surface area contributed by atoms with Crippen LogP contribution in [0.25, 0.3) is 0 Å². The summed E-state index contributed by atoms with van der Waals surface area (Å²) in [6.45, 7) is 2.57. The van der Waals surface area contributed by atoms with Gasteiger partial charge in [-0.25, -0.2) is 8.42 Å². The number of sulfonamides is 1. The van der Waals surface area contributed by atoms with Crippen LogP contribution in [0.2, 0.25) is 5.02 Å². The average molecular weight is 304 g/mol. The Bertz CT molecular complexity index is 547. The number of piperidine rings is 1. The normalized spacial score (nSPS) is 25.4. The van der Waals surface area contributed by atoms with Gasteiger partial charge in [0.2, 0.25) is 10.0 Å². The average Bonchev–Trinajstić information content (AvgIpc) is 2.35. The summed E-state index contributed by atoms with van der Waals surface area (Å²) in [4.78, 5) is 0. The molecule has 2 atom stereocenters. The van der Waals surface area contributed by atoms with E-state index in [1.807, 2.05) is 6.92 Å². The Morgan fingerprint density at radius 2 is 2.11 bits per heavy atom. The summed E-state index contributed by atoms with van der Waals surface area (Å²) in [7, 11) is -3.43. The van der Waals surface area contributed by atoms with E-state index in [4.69, 9.17) is 11.6 Å². The van der Waals surface area contributed by atoms with Gasteiger partial charge >= 0.3 is 0 Å². The maximum atomic E-state index is 12.3. The maximum absolute atomic E-state index is 12.3. The number of aliphatic hydroxyl groups is 1. The van der Waals surface area contributed by atoms with Gasteiger partial charge < -0.3 is 5.11 Å². The van der Waals surface area contributed by atoms with Gasteiger partial charge in [0.15, 0.2) is 0 Å². The van der Waals surface area contributed by atoms with E-state index in [1.165, 1.54) is 4.31 Å². The Balaban J connectivity index is 2.13. The molecule has 0 saturated carbocycles. The first kappa shape index (κ1) is 14.8. The maximum Gasteiger partial charge on any atom is 0.218 e. The van der Waals surface area contributed by atoms with Crippen molar-refractivity contribution in [2.45, 2.75) is 25.2 Å². The van der Waals surface area contributed by atoms with Crippen molar-refractivity contribution in [3.05, 3.63) is 34.9 Å². The van der Waals surface area contributed by atoms with Gasteiger partial charge in [-0.3, -0.25) is 0 Å². The molecule has 0 aromatic heterocycles. The van der Waals surface area contributed by atoms with Crippen molar-refractivity contribution in [1.82, 2.24) is 4.31 Å². The lowest BCUT2D eigenvalue weighted by Gasteiger charge is -2.33. The van der Waals surface area contributed by atoms with E-state index in [0.717, 1.165) is 0 Å². The molecule has 2 unspecified atom stereocenters. The van der Waals surface area contributed by atoms with Crippen molar-refractivity contribution >= 4 is 21.6 Å². The number of rotatable bonds is 3. The fourth-order valence-electron chi connectivity index (χ4n) is 2.18. The summed E-state index contributed by atoms with van der Waals surface area (Å²) >= 11 is 5.99. The summed E-state index contributed by atoms with van der Waals surface area (Å²) in [5.74, 6) is 0.0279. The summed E-state index contributed by atoms with van der Waals surface area (Å²) in [5, 5.41) is 10.3. The Kier molecular flexibility index (Phi) is 4.50. The number of benzene rings is 1. The highest BCUT2D eigenvalue weighted by Gasteiger charge is 2.31. The zero-order chi connectivity index (χ0) is 14.0. The largest absolute Gasteiger partial charge is 0.391 e. The molecule has 19 heavy (non-hydrogen) atoms. The van der Waals surface area contributed by atoms with Crippen molar-refractivity contribution in [3.63, 3.8) is 0 Å². The summed E-state index contributed by atoms with van der Waals surface area (Å²) in [6, 6.07) is 6.93. The van der Waals surface area contributed by atoms with E-state index in [1.54, 1.807) is 24.3 Å². The van der Waals surface area contributed by atoms with E-state index in [0.29, 0.717) is 23.6 Å². The third-order valence-corrected chi connectivity index (χ3v) is 5.73. The van der Waals surface area contributed by atoms with Gasteiger partial charge in [-0.05, 0) is 24.0 Å². The van der Waals surface area contributed by atoms with Crippen LogP contribution in [0.1, 0.15) is 18.9 Å². The van der Waals surface area contributed by atoms with Gasteiger partial charge in [0.1, 0.15) is 0 Å². The number of hydrogen-bond acceptors (Lipinski definition) is 3. The zero-order valence-electron chi connectivity index (χ0n) is 10.8. The van der Waals surface area contributed by atoms with Crippen LogP contribution in [-0.4, -0.2) is 37.0 Å². The second-order valence-electron chi connectivity index (χ2n) is 5.04. The van der Waals surface area contributed by atoms with Crippen LogP contribution in [-0.2, 0) is 15.8 Å². The topological polar surface area (TPSA) is 57.6 Å². The Hall–Kier alpha value is -0.620. The molecule has 4 nitrogen and oxygen atoms in total. The molecule has 1 fully saturated rings. The van der Waals surface area contributed by atoms with Crippen molar-refractivity contribution in [3.8, 4) is 0 Å². The molecular weight excluding hydrogens is 286 g/mol. The zero-order valence-corrected chi connectivity index (χ0v) is 12.4. The van der Waals surface area contributed by atoms with Crippen molar-refractivity contribution in [2.75, 3.05) is 13.1 Å². The predicted molar refractivity (Wildman–Crippen MR) is 75.4 cm³/mol.